The van der Waals surface area contributed by atoms with Gasteiger partial charge in [-0.15, -0.1) is 0 Å². The Morgan fingerprint density at radius 2 is 1.14 bits per heavy atom. The number of aromatic nitrogens is 1. The standard InChI is InChI=1S/C19H15N3.C8H8S.ClHO4/c20-13-6-8-15-16-9-7-14(21)11-18(16)22-19(17(15)10-13)12-4-2-1-3-5-12;1-2-4-6-8-9-7-5-3-1;2-1(3,4)5/h1-11H,20-21H2;1-8H;(H,2,3,4,5). The van der Waals surface area contributed by atoms with Crippen molar-refractivity contribution in [3.63, 3.8) is 0 Å². The Hall–Kier alpha value is -3.76. The second kappa shape index (κ2) is 12.8. The minimum Gasteiger partial charge on any atom is -0.399 e. The summed E-state index contributed by atoms with van der Waals surface area (Å²) in [7, 11) is -4.69. The molecule has 0 atom stereocenters. The molecule has 0 fully saturated rings. The van der Waals surface area contributed by atoms with E-state index in [1.54, 1.807) is 11.3 Å². The average molecular weight is 522 g/mol. The first-order chi connectivity index (χ1) is 17.2. The first-order valence-corrected chi connectivity index (χ1v) is 12.8. The molecular formula is C27H24ClN3O4S. The van der Waals surface area contributed by atoms with Crippen LogP contribution in [0.5, 0.6) is 0 Å². The number of rotatable bonds is 1. The second-order valence-electron chi connectivity index (χ2n) is 7.37. The number of nitrogen functional groups attached to an aromatic ring is 2. The number of hydrogen-bond acceptors (Lipinski definition) is 8. The van der Waals surface area contributed by atoms with E-state index in [0.717, 1.165) is 38.6 Å². The van der Waals surface area contributed by atoms with Crippen molar-refractivity contribution in [2.75, 3.05) is 11.5 Å². The molecule has 0 aliphatic carbocycles. The van der Waals surface area contributed by atoms with Gasteiger partial charge in [-0.3, -0.25) is 0 Å². The molecular weight excluding hydrogens is 498 g/mol. The lowest BCUT2D eigenvalue weighted by Crippen LogP contribution is -2.58. The smallest absolute Gasteiger partial charge is 0.0788 e. The second-order valence-corrected chi connectivity index (χ2v) is 8.98. The fourth-order valence-corrected chi connectivity index (χ4v) is 3.80. The number of anilines is 2. The van der Waals surface area contributed by atoms with Crippen LogP contribution in [0.25, 0.3) is 32.9 Å². The molecule has 0 saturated heterocycles. The van der Waals surface area contributed by atoms with E-state index in [0.29, 0.717) is 5.69 Å². The number of halogens is 1. The average Bonchev–Trinajstić information content (AvgIpc) is 2.99. The van der Waals surface area contributed by atoms with Gasteiger partial charge in [0.2, 0.25) is 0 Å². The Kier molecular flexibility index (Phi) is 9.54. The van der Waals surface area contributed by atoms with E-state index >= 15 is 0 Å². The van der Waals surface area contributed by atoms with Crippen LogP contribution in [0.2, 0.25) is 0 Å². The maximum atomic E-state index is 8.60. The summed E-state index contributed by atoms with van der Waals surface area (Å²) in [6.45, 7) is 0. The zero-order chi connectivity index (χ0) is 26.0. The summed E-state index contributed by atoms with van der Waals surface area (Å²) in [5.74, 6) is 0. The monoisotopic (exact) mass is 521 g/mol. The summed E-state index contributed by atoms with van der Waals surface area (Å²) in [5.41, 5.74) is 16.3. The van der Waals surface area contributed by atoms with Gasteiger partial charge in [0.25, 0.3) is 0 Å². The fraction of sp³-hybridized carbons (Fsp3) is 0. The van der Waals surface area contributed by atoms with Gasteiger partial charge in [0.1, 0.15) is 0 Å². The summed E-state index contributed by atoms with van der Waals surface area (Å²) in [4.78, 5) is 4.84. The van der Waals surface area contributed by atoms with Crippen molar-refractivity contribution < 1.29 is 28.9 Å². The molecule has 5 N–H and O–H groups in total. The number of benzene rings is 3. The molecule has 5 aromatic rings. The lowest BCUT2D eigenvalue weighted by atomic mass is 9.99. The molecule has 3 aromatic carbocycles. The van der Waals surface area contributed by atoms with Gasteiger partial charge in [-0.1, -0.05) is 78.9 Å². The largest absolute Gasteiger partial charge is 0.399 e. The Morgan fingerprint density at radius 3 is 1.75 bits per heavy atom. The number of pyridine rings is 1. The van der Waals surface area contributed by atoms with E-state index in [9.17, 15) is 0 Å². The van der Waals surface area contributed by atoms with E-state index in [2.05, 4.69) is 18.2 Å². The predicted octanol–water partition coefficient (Wildman–Crippen LogP) is 2.97. The first kappa shape index (κ1) is 26.8. The van der Waals surface area contributed by atoms with Crippen molar-refractivity contribution in [3.8, 4) is 11.3 Å². The van der Waals surface area contributed by atoms with Crippen LogP contribution in [0.15, 0.2) is 114 Å². The van der Waals surface area contributed by atoms with Crippen molar-refractivity contribution in [1.29, 1.82) is 0 Å². The minimum atomic E-state index is -4.69. The third-order valence-electron chi connectivity index (χ3n) is 4.76. The van der Waals surface area contributed by atoms with E-state index in [4.69, 9.17) is 35.1 Å². The Labute approximate surface area is 214 Å². The van der Waals surface area contributed by atoms with Gasteiger partial charge in [-0.25, -0.2) is 4.98 Å². The van der Waals surface area contributed by atoms with Crippen molar-refractivity contribution in [2.24, 2.45) is 0 Å². The van der Waals surface area contributed by atoms with Crippen LogP contribution in [0.4, 0.5) is 11.4 Å². The molecule has 0 bridgehead atoms. The molecule has 0 amide bonds. The molecule has 5 rings (SSSR count). The molecule has 7 nitrogen and oxygen atoms in total. The van der Waals surface area contributed by atoms with Crippen LogP contribution in [0.1, 0.15) is 0 Å². The third-order valence-corrected chi connectivity index (χ3v) is 5.39. The number of fused-ring (bicyclic) bond motifs is 3. The maximum absolute atomic E-state index is 8.60. The fourth-order valence-electron chi connectivity index (χ4n) is 3.34. The molecule has 36 heavy (non-hydrogen) atoms. The van der Waals surface area contributed by atoms with Gasteiger partial charge in [-0.2, -0.15) is 25.3 Å². The van der Waals surface area contributed by atoms with Crippen molar-refractivity contribution >= 4 is 44.4 Å². The Bertz CT molecular complexity index is 1390. The molecule has 2 heterocycles. The van der Waals surface area contributed by atoms with Crippen molar-refractivity contribution in [1.82, 2.24) is 4.98 Å². The molecule has 0 spiro atoms. The first-order valence-electron chi connectivity index (χ1n) is 10.6. The summed E-state index contributed by atoms with van der Waals surface area (Å²) in [5, 5.41) is 7.37. The molecule has 9 heteroatoms. The topological polar surface area (TPSA) is 154 Å². The van der Waals surface area contributed by atoms with Crippen molar-refractivity contribution in [2.45, 2.75) is 0 Å². The third kappa shape index (κ3) is 8.47. The van der Waals surface area contributed by atoms with Crippen LogP contribution in [-0.2, 0) is 0 Å². The van der Waals surface area contributed by atoms with Gasteiger partial charge >= 0.3 is 0 Å². The Morgan fingerprint density at radius 1 is 0.639 bits per heavy atom. The maximum Gasteiger partial charge on any atom is 0.0788 e. The molecule has 184 valence electrons. The van der Waals surface area contributed by atoms with Gasteiger partial charge in [0, 0.05) is 27.7 Å². The van der Waals surface area contributed by atoms with Gasteiger partial charge in [0.05, 0.1) is 26.1 Å². The van der Waals surface area contributed by atoms with Crippen LogP contribution in [0.3, 0.4) is 0 Å². The molecule has 0 aliphatic heterocycles. The summed E-state index contributed by atoms with van der Waals surface area (Å²) >= 11 is 1.68. The van der Waals surface area contributed by atoms with E-state index in [-0.39, 0.29) is 0 Å². The zero-order valence-corrected chi connectivity index (χ0v) is 20.6. The summed E-state index contributed by atoms with van der Waals surface area (Å²) in [6, 6.07) is 34.0. The molecule has 0 saturated carbocycles. The van der Waals surface area contributed by atoms with Crippen LogP contribution in [-0.4, -0.2) is 9.64 Å². The lowest BCUT2D eigenvalue weighted by molar-refractivity contribution is -1.92. The van der Waals surface area contributed by atoms with Crippen LogP contribution >= 0.6 is 11.3 Å². The van der Waals surface area contributed by atoms with Crippen LogP contribution in [0, 0.1) is 10.2 Å². The normalized spacial score (nSPS) is 10.4. The highest BCUT2D eigenvalue weighted by molar-refractivity contribution is 7.07. The molecule has 2 aromatic heterocycles. The van der Waals surface area contributed by atoms with Gasteiger partial charge in [-0.05, 0) is 40.4 Å². The number of hydrogen-bond donors (Lipinski definition) is 3. The highest BCUT2D eigenvalue weighted by atomic mass is 35.7. The number of nitrogens with two attached hydrogens (primary N) is 2. The summed E-state index contributed by atoms with van der Waals surface area (Å²) < 4.78 is 32.7. The SMILES string of the molecule is Nc1ccc2c(c1)nc(-c1ccccc1)c1cc(N)ccc12.[O-][Cl+3]([O-])([O-])O.c1ccccsccc1. The zero-order valence-electron chi connectivity index (χ0n) is 19.0. The lowest BCUT2D eigenvalue weighted by Gasteiger charge is -2.11. The van der Waals surface area contributed by atoms with Gasteiger partial charge < -0.3 is 11.5 Å². The predicted molar refractivity (Wildman–Crippen MR) is 138 cm³/mol. The van der Waals surface area contributed by atoms with E-state index in [1.165, 1.54) is 0 Å². The van der Waals surface area contributed by atoms with Crippen molar-refractivity contribution in [3.05, 3.63) is 114 Å². The summed E-state index contributed by atoms with van der Waals surface area (Å²) in [6.07, 6.45) is 0. The highest BCUT2D eigenvalue weighted by Gasteiger charge is 2.10. The van der Waals surface area contributed by atoms with Crippen LogP contribution < -0.4 is 25.4 Å². The highest BCUT2D eigenvalue weighted by Crippen LogP contribution is 2.34. The minimum absolute atomic E-state index is 0.716. The number of nitrogens with zero attached hydrogens (tertiary/aromatic N) is 1. The van der Waals surface area contributed by atoms with E-state index in [1.807, 2.05) is 95.7 Å². The van der Waals surface area contributed by atoms with E-state index < -0.39 is 10.2 Å². The van der Waals surface area contributed by atoms with Gasteiger partial charge in [0.15, 0.2) is 0 Å². The molecule has 0 unspecified atom stereocenters. The quantitative estimate of drug-likeness (QED) is 0.226. The molecule has 0 radical (unpaired) electrons. The Balaban J connectivity index is 0.000000214. The molecule has 0 aliphatic rings.